The van der Waals surface area contributed by atoms with E-state index < -0.39 is 0 Å². The van der Waals surface area contributed by atoms with Gasteiger partial charge >= 0.3 is 0 Å². The Balaban J connectivity index is 1.63. The number of benzene rings is 1. The van der Waals surface area contributed by atoms with E-state index in [9.17, 15) is 4.79 Å². The Hall–Kier alpha value is -2.14. The summed E-state index contributed by atoms with van der Waals surface area (Å²) in [5.41, 5.74) is 1.67. The third-order valence-electron chi connectivity index (χ3n) is 4.63. The monoisotopic (exact) mass is 372 g/mol. The lowest BCUT2D eigenvalue weighted by molar-refractivity contribution is 0.0676. The van der Waals surface area contributed by atoms with Crippen molar-refractivity contribution in [3.8, 4) is 0 Å². The van der Waals surface area contributed by atoms with Gasteiger partial charge in [-0.1, -0.05) is 30.7 Å². The number of carbonyl (C=O) groups is 1. The fraction of sp³-hybridized carbons (Fsp3) is 0.450. The maximum absolute atomic E-state index is 12.8. The molecule has 0 aliphatic carbocycles. The maximum atomic E-state index is 12.8. The molecule has 2 heterocycles. The van der Waals surface area contributed by atoms with Crippen molar-refractivity contribution < 1.29 is 4.79 Å². The van der Waals surface area contributed by atoms with Crippen molar-refractivity contribution in [3.05, 3.63) is 52.4 Å². The van der Waals surface area contributed by atoms with Crippen LogP contribution in [-0.2, 0) is 6.42 Å². The molecular weight excluding hydrogens is 348 g/mol. The number of anilines is 1. The summed E-state index contributed by atoms with van der Waals surface area (Å²) in [6, 6.07) is 9.57. The van der Waals surface area contributed by atoms with Crippen LogP contribution in [0.3, 0.4) is 0 Å². The SMILES string of the molecule is Cc1nc(NCCc2ccc(Cl)cc2)cc(C(=O)N2CCCC(C)C2)n1. The molecule has 1 fully saturated rings. The second-order valence-corrected chi connectivity index (χ2v) is 7.42. The van der Waals surface area contributed by atoms with E-state index in [2.05, 4.69) is 22.2 Å². The highest BCUT2D eigenvalue weighted by molar-refractivity contribution is 6.30. The number of likely N-dealkylation sites (tertiary alicyclic amines) is 1. The number of hydrogen-bond donors (Lipinski definition) is 1. The topological polar surface area (TPSA) is 58.1 Å². The van der Waals surface area contributed by atoms with Crippen LogP contribution < -0.4 is 5.32 Å². The van der Waals surface area contributed by atoms with E-state index in [1.807, 2.05) is 36.1 Å². The third kappa shape index (κ3) is 4.94. The van der Waals surface area contributed by atoms with E-state index in [-0.39, 0.29) is 5.91 Å². The van der Waals surface area contributed by atoms with Gasteiger partial charge < -0.3 is 10.2 Å². The highest BCUT2D eigenvalue weighted by atomic mass is 35.5. The quantitative estimate of drug-likeness (QED) is 0.862. The number of hydrogen-bond acceptors (Lipinski definition) is 4. The number of piperidine rings is 1. The predicted octanol–water partition coefficient (Wildman–Crippen LogP) is 3.97. The minimum absolute atomic E-state index is 0.00259. The molecule has 0 bridgehead atoms. The molecule has 2 aromatic rings. The van der Waals surface area contributed by atoms with Crippen molar-refractivity contribution >= 4 is 23.3 Å². The van der Waals surface area contributed by atoms with Crippen molar-refractivity contribution in [1.29, 1.82) is 0 Å². The first kappa shape index (κ1) is 18.6. The minimum atomic E-state index is 0.00259. The van der Waals surface area contributed by atoms with Gasteiger partial charge in [0.15, 0.2) is 0 Å². The standard InChI is InChI=1S/C20H25ClN4O/c1-14-4-3-11-25(13-14)20(26)18-12-19(24-15(2)23-18)22-10-9-16-5-7-17(21)8-6-16/h5-8,12,14H,3-4,9-11,13H2,1-2H3,(H,22,23,24). The zero-order chi connectivity index (χ0) is 18.5. The molecule has 1 saturated heterocycles. The van der Waals surface area contributed by atoms with Crippen LogP contribution in [0, 0.1) is 12.8 Å². The van der Waals surface area contributed by atoms with Crippen molar-refractivity contribution in [3.63, 3.8) is 0 Å². The number of rotatable bonds is 5. The maximum Gasteiger partial charge on any atom is 0.272 e. The van der Waals surface area contributed by atoms with Gasteiger partial charge in [0.2, 0.25) is 0 Å². The van der Waals surface area contributed by atoms with Crippen LogP contribution in [-0.4, -0.2) is 40.4 Å². The van der Waals surface area contributed by atoms with Gasteiger partial charge in [0.1, 0.15) is 17.3 Å². The molecule has 1 unspecified atom stereocenters. The molecule has 1 atom stereocenters. The summed E-state index contributed by atoms with van der Waals surface area (Å²) in [5.74, 6) is 1.85. The van der Waals surface area contributed by atoms with Gasteiger partial charge in [-0.25, -0.2) is 9.97 Å². The summed E-state index contributed by atoms with van der Waals surface area (Å²) in [4.78, 5) is 23.4. The summed E-state index contributed by atoms with van der Waals surface area (Å²) in [6.07, 6.45) is 3.10. The zero-order valence-corrected chi connectivity index (χ0v) is 16.1. The van der Waals surface area contributed by atoms with Gasteiger partial charge in [-0.3, -0.25) is 4.79 Å². The molecule has 1 amide bonds. The lowest BCUT2D eigenvalue weighted by atomic mass is 10.00. The van der Waals surface area contributed by atoms with Gasteiger partial charge in [0.25, 0.3) is 5.91 Å². The molecule has 6 heteroatoms. The Labute approximate surface area is 159 Å². The number of nitrogens with one attached hydrogen (secondary N) is 1. The Morgan fingerprint density at radius 3 is 2.81 bits per heavy atom. The van der Waals surface area contributed by atoms with Gasteiger partial charge in [0.05, 0.1) is 0 Å². The van der Waals surface area contributed by atoms with Crippen molar-refractivity contribution in [1.82, 2.24) is 14.9 Å². The van der Waals surface area contributed by atoms with Crippen molar-refractivity contribution in [2.75, 3.05) is 25.0 Å². The molecule has 1 aliphatic rings. The summed E-state index contributed by atoms with van der Waals surface area (Å²) in [6.45, 7) is 6.35. The summed E-state index contributed by atoms with van der Waals surface area (Å²) in [7, 11) is 0. The minimum Gasteiger partial charge on any atom is -0.370 e. The highest BCUT2D eigenvalue weighted by Gasteiger charge is 2.23. The second kappa shape index (κ2) is 8.49. The molecule has 138 valence electrons. The smallest absolute Gasteiger partial charge is 0.272 e. The van der Waals surface area contributed by atoms with E-state index in [1.54, 1.807) is 6.07 Å². The molecule has 5 nitrogen and oxygen atoms in total. The van der Waals surface area contributed by atoms with Crippen LogP contribution in [0.2, 0.25) is 5.02 Å². The van der Waals surface area contributed by atoms with Gasteiger partial charge in [-0.05, 0) is 49.8 Å². The molecular formula is C20H25ClN4O. The number of halogens is 1. The van der Waals surface area contributed by atoms with Crippen molar-refractivity contribution in [2.24, 2.45) is 5.92 Å². The van der Waals surface area contributed by atoms with Gasteiger partial charge in [-0.15, -0.1) is 0 Å². The summed E-state index contributed by atoms with van der Waals surface area (Å²) in [5, 5.41) is 4.04. The summed E-state index contributed by atoms with van der Waals surface area (Å²) >= 11 is 5.91. The number of aromatic nitrogens is 2. The van der Waals surface area contributed by atoms with Crippen LogP contribution in [0.5, 0.6) is 0 Å². The highest BCUT2D eigenvalue weighted by Crippen LogP contribution is 2.18. The molecule has 26 heavy (non-hydrogen) atoms. The van der Waals surface area contributed by atoms with Crippen LogP contribution >= 0.6 is 11.6 Å². The fourth-order valence-electron chi connectivity index (χ4n) is 3.29. The lowest BCUT2D eigenvalue weighted by Crippen LogP contribution is -2.39. The molecule has 0 spiro atoms. The molecule has 0 saturated carbocycles. The van der Waals surface area contributed by atoms with E-state index in [0.717, 1.165) is 37.5 Å². The summed E-state index contributed by atoms with van der Waals surface area (Å²) < 4.78 is 0. The zero-order valence-electron chi connectivity index (χ0n) is 15.3. The van der Waals surface area contributed by atoms with E-state index in [4.69, 9.17) is 11.6 Å². The number of amides is 1. The Bertz CT molecular complexity index is 763. The fourth-order valence-corrected chi connectivity index (χ4v) is 3.42. The largest absolute Gasteiger partial charge is 0.370 e. The van der Waals surface area contributed by atoms with E-state index in [0.29, 0.717) is 23.3 Å². The molecule has 1 aromatic carbocycles. The third-order valence-corrected chi connectivity index (χ3v) is 4.89. The predicted molar refractivity (Wildman–Crippen MR) is 105 cm³/mol. The first-order valence-corrected chi connectivity index (χ1v) is 9.52. The second-order valence-electron chi connectivity index (χ2n) is 6.99. The van der Waals surface area contributed by atoms with Gasteiger partial charge in [-0.2, -0.15) is 0 Å². The Kier molecular flexibility index (Phi) is 6.09. The lowest BCUT2D eigenvalue weighted by Gasteiger charge is -2.30. The van der Waals surface area contributed by atoms with Gasteiger partial charge in [0, 0.05) is 30.7 Å². The Morgan fingerprint density at radius 1 is 1.31 bits per heavy atom. The molecule has 1 aromatic heterocycles. The van der Waals surface area contributed by atoms with E-state index >= 15 is 0 Å². The average molecular weight is 373 g/mol. The van der Waals surface area contributed by atoms with Crippen LogP contribution in [0.15, 0.2) is 30.3 Å². The van der Waals surface area contributed by atoms with E-state index in [1.165, 1.54) is 12.0 Å². The van der Waals surface area contributed by atoms with Crippen LogP contribution in [0.25, 0.3) is 0 Å². The number of nitrogens with zero attached hydrogens (tertiary/aromatic N) is 3. The first-order valence-electron chi connectivity index (χ1n) is 9.14. The average Bonchev–Trinajstić information content (AvgIpc) is 2.62. The molecule has 3 rings (SSSR count). The number of aryl methyl sites for hydroxylation is 1. The molecule has 0 radical (unpaired) electrons. The first-order chi connectivity index (χ1) is 12.5. The number of carbonyl (C=O) groups excluding carboxylic acids is 1. The molecule has 1 N–H and O–H groups in total. The van der Waals surface area contributed by atoms with Crippen LogP contribution in [0.1, 0.15) is 41.6 Å². The molecule has 1 aliphatic heterocycles. The normalized spacial score (nSPS) is 17.2. The van der Waals surface area contributed by atoms with Crippen molar-refractivity contribution in [2.45, 2.75) is 33.1 Å². The van der Waals surface area contributed by atoms with Crippen LogP contribution in [0.4, 0.5) is 5.82 Å². The Morgan fingerprint density at radius 2 is 2.08 bits per heavy atom.